The van der Waals surface area contributed by atoms with Crippen molar-refractivity contribution in [2.75, 3.05) is 6.61 Å². The van der Waals surface area contributed by atoms with Gasteiger partial charge in [-0.3, -0.25) is 14.9 Å². The molecule has 3 aliphatic rings. The maximum Gasteiger partial charge on any atom is 0.272 e. The highest BCUT2D eigenvalue weighted by Gasteiger charge is 2.36. The van der Waals surface area contributed by atoms with Crippen LogP contribution in [0.5, 0.6) is 5.88 Å². The SMILES string of the molecule is Cc1cc([C@H](NC(=O)c2cnc(C3CC3)c(OCC3CC3)n2)C2CC2)[nH]n1. The van der Waals surface area contributed by atoms with E-state index < -0.39 is 0 Å². The number of hydrogen-bond acceptors (Lipinski definition) is 5. The van der Waals surface area contributed by atoms with Gasteiger partial charge in [0.15, 0.2) is 0 Å². The number of carbonyl (C=O) groups excluding carboxylic acids is 1. The van der Waals surface area contributed by atoms with Crippen LogP contribution in [-0.2, 0) is 0 Å². The zero-order valence-corrected chi connectivity index (χ0v) is 15.6. The Labute approximate surface area is 158 Å². The third-order valence-electron chi connectivity index (χ3n) is 5.56. The smallest absolute Gasteiger partial charge is 0.272 e. The molecular weight excluding hydrogens is 342 g/mol. The number of amides is 1. The van der Waals surface area contributed by atoms with Crippen LogP contribution in [0.25, 0.3) is 0 Å². The molecule has 0 saturated heterocycles. The van der Waals surface area contributed by atoms with E-state index >= 15 is 0 Å². The summed E-state index contributed by atoms with van der Waals surface area (Å²) in [5, 5.41) is 10.4. The average molecular weight is 367 g/mol. The highest BCUT2D eigenvalue weighted by Crippen LogP contribution is 2.43. The molecule has 2 aromatic heterocycles. The van der Waals surface area contributed by atoms with Gasteiger partial charge >= 0.3 is 0 Å². The molecule has 3 saturated carbocycles. The van der Waals surface area contributed by atoms with Crippen LogP contribution in [0.3, 0.4) is 0 Å². The molecule has 0 bridgehead atoms. The van der Waals surface area contributed by atoms with E-state index in [0.29, 0.717) is 35.9 Å². The largest absolute Gasteiger partial charge is 0.476 e. The molecule has 3 aliphatic carbocycles. The second kappa shape index (κ2) is 6.62. The number of aromatic amines is 1. The van der Waals surface area contributed by atoms with Gasteiger partial charge < -0.3 is 10.1 Å². The fourth-order valence-electron chi connectivity index (χ4n) is 3.41. The molecule has 27 heavy (non-hydrogen) atoms. The first-order chi connectivity index (χ1) is 13.2. The Balaban J connectivity index is 1.34. The van der Waals surface area contributed by atoms with Gasteiger partial charge in [0, 0.05) is 5.92 Å². The lowest BCUT2D eigenvalue weighted by Gasteiger charge is -2.17. The van der Waals surface area contributed by atoms with E-state index in [9.17, 15) is 4.79 Å². The Hall–Kier alpha value is -2.44. The third-order valence-corrected chi connectivity index (χ3v) is 5.56. The third kappa shape index (κ3) is 3.82. The van der Waals surface area contributed by atoms with Gasteiger partial charge in [-0.25, -0.2) is 4.98 Å². The molecule has 7 heteroatoms. The number of hydrogen-bond donors (Lipinski definition) is 2. The van der Waals surface area contributed by atoms with Crippen LogP contribution >= 0.6 is 0 Å². The zero-order valence-electron chi connectivity index (χ0n) is 15.6. The number of H-pyrrole nitrogens is 1. The van der Waals surface area contributed by atoms with E-state index in [4.69, 9.17) is 4.74 Å². The van der Waals surface area contributed by atoms with Crippen LogP contribution < -0.4 is 10.1 Å². The number of nitrogens with zero attached hydrogens (tertiary/aromatic N) is 3. The Morgan fingerprint density at radius 1 is 1.30 bits per heavy atom. The molecule has 7 nitrogen and oxygen atoms in total. The molecule has 2 aromatic rings. The van der Waals surface area contributed by atoms with Gasteiger partial charge in [0.25, 0.3) is 5.91 Å². The van der Waals surface area contributed by atoms with Gasteiger partial charge in [-0.15, -0.1) is 0 Å². The second-order valence-electron chi connectivity index (χ2n) is 8.23. The lowest BCUT2D eigenvalue weighted by molar-refractivity contribution is 0.0923. The van der Waals surface area contributed by atoms with Crippen molar-refractivity contribution in [3.8, 4) is 5.88 Å². The number of nitrogens with one attached hydrogen (secondary N) is 2. The van der Waals surface area contributed by atoms with Gasteiger partial charge in [0.2, 0.25) is 5.88 Å². The van der Waals surface area contributed by atoms with Crippen LogP contribution in [0.1, 0.15) is 78.1 Å². The standard InChI is InChI=1S/C20H25N5O2/c1-11-8-15(25-24-11)17(13-4-5-13)23-19(26)16-9-21-18(14-6-7-14)20(22-16)27-10-12-2-3-12/h8-9,12-14,17H,2-7,10H2,1H3,(H,23,26)(H,24,25)/t17-/m1/s1. The number of aromatic nitrogens is 4. The number of ether oxygens (including phenoxy) is 1. The molecule has 0 radical (unpaired) electrons. The van der Waals surface area contributed by atoms with Gasteiger partial charge in [-0.05, 0) is 63.4 Å². The number of carbonyl (C=O) groups is 1. The Morgan fingerprint density at radius 3 is 2.74 bits per heavy atom. The van der Waals surface area contributed by atoms with Crippen molar-refractivity contribution in [3.63, 3.8) is 0 Å². The summed E-state index contributed by atoms with van der Waals surface area (Å²) in [7, 11) is 0. The van der Waals surface area contributed by atoms with Crippen LogP contribution in [0.4, 0.5) is 0 Å². The fraction of sp³-hybridized carbons (Fsp3) is 0.600. The summed E-state index contributed by atoms with van der Waals surface area (Å²) in [5.74, 6) is 1.89. The maximum atomic E-state index is 12.9. The van der Waals surface area contributed by atoms with Gasteiger partial charge in [-0.1, -0.05) is 0 Å². The summed E-state index contributed by atoms with van der Waals surface area (Å²) in [4.78, 5) is 21.9. The molecule has 142 valence electrons. The first-order valence-corrected chi connectivity index (χ1v) is 10.00. The molecule has 1 amide bonds. The summed E-state index contributed by atoms with van der Waals surface area (Å²) in [5.41, 5.74) is 3.12. The molecule has 0 aliphatic heterocycles. The van der Waals surface area contributed by atoms with Crippen LogP contribution in [0, 0.1) is 18.8 Å². The molecule has 0 aromatic carbocycles. The van der Waals surface area contributed by atoms with Gasteiger partial charge in [0.05, 0.1) is 30.2 Å². The monoisotopic (exact) mass is 367 g/mol. The van der Waals surface area contributed by atoms with Crippen LogP contribution in [0.15, 0.2) is 12.3 Å². The van der Waals surface area contributed by atoms with Gasteiger partial charge in [-0.2, -0.15) is 5.10 Å². The van der Waals surface area contributed by atoms with Gasteiger partial charge in [0.1, 0.15) is 11.4 Å². The van der Waals surface area contributed by atoms with Crippen molar-refractivity contribution in [2.24, 2.45) is 11.8 Å². The van der Waals surface area contributed by atoms with E-state index in [1.165, 1.54) is 12.8 Å². The summed E-state index contributed by atoms with van der Waals surface area (Å²) in [6, 6.07) is 1.94. The summed E-state index contributed by atoms with van der Waals surface area (Å²) >= 11 is 0. The van der Waals surface area contributed by atoms with Crippen molar-refractivity contribution in [1.29, 1.82) is 0 Å². The predicted octanol–water partition coefficient (Wildman–Crippen LogP) is 3.06. The number of aryl methyl sites for hydroxylation is 1. The quantitative estimate of drug-likeness (QED) is 0.748. The zero-order chi connectivity index (χ0) is 18.4. The van der Waals surface area contributed by atoms with Crippen molar-refractivity contribution < 1.29 is 9.53 Å². The van der Waals surface area contributed by atoms with Crippen molar-refractivity contribution in [2.45, 2.75) is 57.4 Å². The minimum Gasteiger partial charge on any atom is -0.476 e. The molecule has 1 atom stereocenters. The van der Waals surface area contributed by atoms with E-state index in [0.717, 1.165) is 42.8 Å². The minimum atomic E-state index is -0.203. The fourth-order valence-corrected chi connectivity index (χ4v) is 3.41. The van der Waals surface area contributed by atoms with E-state index in [1.807, 2.05) is 13.0 Å². The summed E-state index contributed by atoms with van der Waals surface area (Å²) in [6.45, 7) is 2.62. The highest BCUT2D eigenvalue weighted by molar-refractivity contribution is 5.92. The van der Waals surface area contributed by atoms with Crippen molar-refractivity contribution >= 4 is 5.91 Å². The molecule has 0 spiro atoms. The highest BCUT2D eigenvalue weighted by atomic mass is 16.5. The molecule has 5 rings (SSSR count). The molecular formula is C20H25N5O2. The maximum absolute atomic E-state index is 12.9. The molecule has 0 unspecified atom stereocenters. The molecule has 2 heterocycles. The normalized spacial score (nSPS) is 20.3. The van der Waals surface area contributed by atoms with Crippen molar-refractivity contribution in [1.82, 2.24) is 25.5 Å². The lowest BCUT2D eigenvalue weighted by atomic mass is 10.1. The van der Waals surface area contributed by atoms with Crippen LogP contribution in [0.2, 0.25) is 0 Å². The number of rotatable bonds is 8. The second-order valence-corrected chi connectivity index (χ2v) is 8.23. The topological polar surface area (TPSA) is 92.8 Å². The van der Waals surface area contributed by atoms with Crippen molar-refractivity contribution in [3.05, 3.63) is 35.0 Å². The summed E-state index contributed by atoms with van der Waals surface area (Å²) in [6.07, 6.45) is 8.52. The Bertz CT molecular complexity index is 852. The first kappa shape index (κ1) is 16.7. The predicted molar refractivity (Wildman–Crippen MR) is 98.5 cm³/mol. The molecule has 3 fully saturated rings. The Kier molecular flexibility index (Phi) is 4.10. The first-order valence-electron chi connectivity index (χ1n) is 10.00. The van der Waals surface area contributed by atoms with E-state index in [-0.39, 0.29) is 11.9 Å². The molecule has 2 N–H and O–H groups in total. The lowest BCUT2D eigenvalue weighted by Crippen LogP contribution is -2.31. The van der Waals surface area contributed by atoms with Crippen LogP contribution in [-0.4, -0.2) is 32.7 Å². The summed E-state index contributed by atoms with van der Waals surface area (Å²) < 4.78 is 5.94. The van der Waals surface area contributed by atoms with E-state index in [2.05, 4.69) is 25.5 Å². The van der Waals surface area contributed by atoms with E-state index in [1.54, 1.807) is 6.20 Å². The Morgan fingerprint density at radius 2 is 2.11 bits per heavy atom. The average Bonchev–Trinajstić information content (AvgIpc) is 3.54. The minimum absolute atomic E-state index is 0.0561.